The number of nitrogens with two attached hydrogens (primary N) is 1. The van der Waals surface area contributed by atoms with Crippen LogP contribution in [0.1, 0.15) is 5.56 Å². The van der Waals surface area contributed by atoms with Gasteiger partial charge in [0.2, 0.25) is 0 Å². The molecule has 3 rings (SSSR count). The second-order valence-electron chi connectivity index (χ2n) is 4.07. The van der Waals surface area contributed by atoms with Crippen LogP contribution in [0.25, 0.3) is 11.0 Å². The van der Waals surface area contributed by atoms with Gasteiger partial charge in [-0.25, -0.2) is 4.98 Å². The van der Waals surface area contributed by atoms with E-state index in [9.17, 15) is 0 Å². The highest BCUT2D eigenvalue weighted by molar-refractivity contribution is 5.87. The third-order valence-corrected chi connectivity index (χ3v) is 2.88. The number of para-hydroxylation sites is 1. The van der Waals surface area contributed by atoms with E-state index in [1.54, 1.807) is 0 Å². The molecule has 1 heterocycles. The van der Waals surface area contributed by atoms with E-state index in [0.29, 0.717) is 0 Å². The zero-order valence-electron chi connectivity index (χ0n) is 9.38. The number of hydrogen-bond donors (Lipinski definition) is 1. The molecule has 84 valence electrons. The summed E-state index contributed by atoms with van der Waals surface area (Å²) in [6.45, 7) is 0.820. The van der Waals surface area contributed by atoms with Gasteiger partial charge < -0.3 is 10.3 Å². The molecule has 0 aliphatic heterocycles. The molecule has 3 heteroatoms. The number of fused-ring (bicyclic) bond motifs is 1. The molecule has 17 heavy (non-hydrogen) atoms. The maximum absolute atomic E-state index is 5.89. The van der Waals surface area contributed by atoms with Gasteiger partial charge >= 0.3 is 0 Å². The van der Waals surface area contributed by atoms with Gasteiger partial charge in [-0.15, -0.1) is 0 Å². The van der Waals surface area contributed by atoms with Crippen molar-refractivity contribution in [2.45, 2.75) is 6.54 Å². The Balaban J connectivity index is 2.05. The Bertz CT molecular complexity index is 641. The minimum Gasteiger partial charge on any atom is -0.397 e. The Morgan fingerprint density at radius 3 is 2.65 bits per heavy atom. The summed E-state index contributed by atoms with van der Waals surface area (Å²) in [6, 6.07) is 16.2. The van der Waals surface area contributed by atoms with Crippen molar-refractivity contribution < 1.29 is 0 Å². The third kappa shape index (κ3) is 1.76. The van der Waals surface area contributed by atoms with Crippen molar-refractivity contribution in [2.24, 2.45) is 0 Å². The van der Waals surface area contributed by atoms with Gasteiger partial charge in [-0.2, -0.15) is 0 Å². The fourth-order valence-corrected chi connectivity index (χ4v) is 2.02. The number of benzene rings is 2. The maximum Gasteiger partial charge on any atom is 0.111 e. The molecule has 0 spiro atoms. The van der Waals surface area contributed by atoms with Crippen molar-refractivity contribution in [3.63, 3.8) is 0 Å². The first-order valence-electron chi connectivity index (χ1n) is 5.58. The van der Waals surface area contributed by atoms with Crippen LogP contribution < -0.4 is 5.73 Å². The molecule has 0 atom stereocenters. The van der Waals surface area contributed by atoms with Gasteiger partial charge in [0.15, 0.2) is 0 Å². The van der Waals surface area contributed by atoms with Crippen molar-refractivity contribution in [1.29, 1.82) is 0 Å². The molecule has 0 aliphatic rings. The van der Waals surface area contributed by atoms with E-state index in [4.69, 9.17) is 5.73 Å². The Morgan fingerprint density at radius 2 is 1.82 bits per heavy atom. The normalized spacial score (nSPS) is 10.8. The molecule has 0 fully saturated rings. The Labute approximate surface area is 99.5 Å². The number of hydrogen-bond acceptors (Lipinski definition) is 2. The highest BCUT2D eigenvalue weighted by Gasteiger charge is 2.04. The average Bonchev–Trinajstić information content (AvgIpc) is 2.76. The molecule has 0 amide bonds. The summed E-state index contributed by atoms with van der Waals surface area (Å²) in [4.78, 5) is 4.35. The van der Waals surface area contributed by atoms with Gasteiger partial charge in [0.05, 0.1) is 17.5 Å². The van der Waals surface area contributed by atoms with Crippen molar-refractivity contribution in [2.75, 3.05) is 5.73 Å². The molecule has 0 saturated carbocycles. The molecule has 2 N–H and O–H groups in total. The van der Waals surface area contributed by atoms with Crippen molar-refractivity contribution in [3.05, 3.63) is 60.4 Å². The summed E-state index contributed by atoms with van der Waals surface area (Å²) in [6.07, 6.45) is 1.84. The first kappa shape index (κ1) is 9.90. The van der Waals surface area contributed by atoms with Crippen molar-refractivity contribution >= 4 is 16.7 Å². The first-order chi connectivity index (χ1) is 8.34. The lowest BCUT2D eigenvalue weighted by atomic mass is 10.2. The number of nitrogen functional groups attached to an aromatic ring is 1. The molecule has 2 aromatic carbocycles. The molecule has 0 saturated heterocycles. The van der Waals surface area contributed by atoms with Crippen LogP contribution in [0, 0.1) is 0 Å². The van der Waals surface area contributed by atoms with E-state index < -0.39 is 0 Å². The average molecular weight is 223 g/mol. The van der Waals surface area contributed by atoms with Crippen LogP contribution in [0.3, 0.4) is 0 Å². The predicted octanol–water partition coefficient (Wildman–Crippen LogP) is 2.67. The molecule has 0 aliphatic carbocycles. The Morgan fingerprint density at radius 1 is 1.00 bits per heavy atom. The largest absolute Gasteiger partial charge is 0.397 e. The zero-order chi connectivity index (χ0) is 11.7. The van der Waals surface area contributed by atoms with Crippen LogP contribution in [0.4, 0.5) is 5.69 Å². The molecule has 0 radical (unpaired) electrons. The van der Waals surface area contributed by atoms with Gasteiger partial charge in [0.25, 0.3) is 0 Å². The van der Waals surface area contributed by atoms with Crippen molar-refractivity contribution in [1.82, 2.24) is 9.55 Å². The predicted molar refractivity (Wildman–Crippen MR) is 69.7 cm³/mol. The summed E-state index contributed by atoms with van der Waals surface area (Å²) in [5.74, 6) is 0. The van der Waals surface area contributed by atoms with Crippen LogP contribution in [0.5, 0.6) is 0 Å². The lowest BCUT2D eigenvalue weighted by Crippen LogP contribution is -1.97. The quantitative estimate of drug-likeness (QED) is 0.679. The second-order valence-corrected chi connectivity index (χ2v) is 4.07. The SMILES string of the molecule is Nc1cccc2c1ncn2Cc1ccccc1. The minimum absolute atomic E-state index is 0.731. The topological polar surface area (TPSA) is 43.8 Å². The fraction of sp³-hybridized carbons (Fsp3) is 0.0714. The number of aromatic nitrogens is 2. The van der Waals surface area contributed by atoms with Gasteiger partial charge in [-0.05, 0) is 17.7 Å². The summed E-state index contributed by atoms with van der Waals surface area (Å²) < 4.78 is 2.11. The Kier molecular flexibility index (Phi) is 2.29. The summed E-state index contributed by atoms with van der Waals surface area (Å²) in [5, 5.41) is 0. The number of imidazole rings is 1. The van der Waals surface area contributed by atoms with E-state index in [2.05, 4.69) is 21.7 Å². The molecular weight excluding hydrogens is 210 g/mol. The summed E-state index contributed by atoms with van der Waals surface area (Å²) in [5.41, 5.74) is 9.83. The van der Waals surface area contributed by atoms with Gasteiger partial charge in [0, 0.05) is 6.54 Å². The second kappa shape index (κ2) is 3.94. The Hall–Kier alpha value is -2.29. The van der Waals surface area contributed by atoms with Crippen LogP contribution in [0.2, 0.25) is 0 Å². The van der Waals surface area contributed by atoms with Gasteiger partial charge in [-0.3, -0.25) is 0 Å². The highest BCUT2D eigenvalue weighted by atomic mass is 15.0. The van der Waals surface area contributed by atoms with E-state index >= 15 is 0 Å². The lowest BCUT2D eigenvalue weighted by molar-refractivity contribution is 0.824. The van der Waals surface area contributed by atoms with Crippen LogP contribution in [0.15, 0.2) is 54.9 Å². The minimum atomic E-state index is 0.731. The highest BCUT2D eigenvalue weighted by Crippen LogP contribution is 2.19. The van der Waals surface area contributed by atoms with E-state index in [0.717, 1.165) is 23.3 Å². The van der Waals surface area contributed by atoms with Crippen molar-refractivity contribution in [3.8, 4) is 0 Å². The monoisotopic (exact) mass is 223 g/mol. The first-order valence-corrected chi connectivity index (χ1v) is 5.58. The third-order valence-electron chi connectivity index (χ3n) is 2.88. The summed E-state index contributed by atoms with van der Waals surface area (Å²) in [7, 11) is 0. The summed E-state index contributed by atoms with van der Waals surface area (Å²) >= 11 is 0. The maximum atomic E-state index is 5.89. The zero-order valence-corrected chi connectivity index (χ0v) is 9.38. The van der Waals surface area contributed by atoms with E-state index in [-0.39, 0.29) is 0 Å². The molecule has 0 unspecified atom stereocenters. The van der Waals surface area contributed by atoms with E-state index in [1.807, 2.05) is 42.7 Å². The fourth-order valence-electron chi connectivity index (χ4n) is 2.02. The van der Waals surface area contributed by atoms with Crippen LogP contribution in [-0.2, 0) is 6.54 Å². The molecule has 3 nitrogen and oxygen atoms in total. The smallest absolute Gasteiger partial charge is 0.111 e. The standard InChI is InChI=1S/C14H13N3/c15-12-7-4-8-13-14(12)16-10-17(13)9-11-5-2-1-3-6-11/h1-8,10H,9,15H2. The molecule has 3 aromatic rings. The number of anilines is 1. The van der Waals surface area contributed by atoms with Crippen LogP contribution >= 0.6 is 0 Å². The van der Waals surface area contributed by atoms with Gasteiger partial charge in [-0.1, -0.05) is 36.4 Å². The van der Waals surface area contributed by atoms with E-state index in [1.165, 1.54) is 5.56 Å². The van der Waals surface area contributed by atoms with Crippen LogP contribution in [-0.4, -0.2) is 9.55 Å². The lowest BCUT2D eigenvalue weighted by Gasteiger charge is -2.04. The number of rotatable bonds is 2. The molecule has 1 aromatic heterocycles. The molecule has 0 bridgehead atoms. The molecular formula is C14H13N3. The number of nitrogens with zero attached hydrogens (tertiary/aromatic N) is 2. The van der Waals surface area contributed by atoms with Gasteiger partial charge in [0.1, 0.15) is 5.52 Å².